The lowest BCUT2D eigenvalue weighted by atomic mass is 9.96. The Kier molecular flexibility index (Phi) is 4.79. The van der Waals surface area contributed by atoms with Gasteiger partial charge in [-0.3, -0.25) is 4.90 Å². The van der Waals surface area contributed by atoms with E-state index >= 15 is 0 Å². The van der Waals surface area contributed by atoms with Crippen LogP contribution in [0.1, 0.15) is 40.0 Å². The molecular weight excluding hydrogens is 228 g/mol. The quantitative estimate of drug-likeness (QED) is 0.835. The van der Waals surface area contributed by atoms with Gasteiger partial charge in [-0.2, -0.15) is 11.8 Å². The van der Waals surface area contributed by atoms with Gasteiger partial charge in [0.05, 0.1) is 0 Å². The van der Waals surface area contributed by atoms with Crippen LogP contribution in [-0.2, 0) is 0 Å². The first kappa shape index (κ1) is 13.7. The fourth-order valence-electron chi connectivity index (χ4n) is 3.52. The van der Waals surface area contributed by atoms with E-state index in [1.165, 1.54) is 32.4 Å². The van der Waals surface area contributed by atoms with Crippen molar-refractivity contribution >= 4 is 11.8 Å². The topological polar surface area (TPSA) is 15.3 Å². The molecule has 1 saturated heterocycles. The number of hydrogen-bond donors (Lipinski definition) is 1. The highest BCUT2D eigenvalue weighted by Crippen LogP contribution is 2.35. The predicted octanol–water partition coefficient (Wildman–Crippen LogP) is 2.59. The molecular formula is C14H28N2S. The first-order valence-electron chi connectivity index (χ1n) is 7.15. The second-order valence-electron chi connectivity index (χ2n) is 6.09. The summed E-state index contributed by atoms with van der Waals surface area (Å²) in [5.41, 5.74) is 0. The second kappa shape index (κ2) is 5.94. The number of nitrogens with one attached hydrogen (secondary N) is 1. The van der Waals surface area contributed by atoms with Crippen molar-refractivity contribution in [2.45, 2.75) is 63.4 Å². The van der Waals surface area contributed by atoms with E-state index in [9.17, 15) is 0 Å². The normalized spacial score (nSPS) is 40.1. The fraction of sp³-hybridized carbons (Fsp3) is 1.00. The second-order valence-corrected chi connectivity index (χ2v) is 7.17. The maximum atomic E-state index is 3.65. The summed E-state index contributed by atoms with van der Waals surface area (Å²) in [6, 6.07) is 2.24. The Morgan fingerprint density at radius 2 is 2.06 bits per heavy atom. The summed E-state index contributed by atoms with van der Waals surface area (Å²) in [6.07, 6.45) is 6.56. The van der Waals surface area contributed by atoms with Crippen LogP contribution in [0.2, 0.25) is 0 Å². The van der Waals surface area contributed by atoms with Crippen molar-refractivity contribution in [1.82, 2.24) is 10.2 Å². The summed E-state index contributed by atoms with van der Waals surface area (Å²) in [5.74, 6) is 0.762. The van der Waals surface area contributed by atoms with E-state index in [2.05, 4.69) is 49.0 Å². The monoisotopic (exact) mass is 256 g/mol. The van der Waals surface area contributed by atoms with Crippen molar-refractivity contribution in [3.63, 3.8) is 0 Å². The zero-order chi connectivity index (χ0) is 12.4. The predicted molar refractivity (Wildman–Crippen MR) is 77.7 cm³/mol. The van der Waals surface area contributed by atoms with Crippen molar-refractivity contribution in [1.29, 1.82) is 0 Å². The van der Waals surface area contributed by atoms with Crippen LogP contribution in [0.15, 0.2) is 0 Å². The van der Waals surface area contributed by atoms with Crippen LogP contribution >= 0.6 is 11.8 Å². The van der Waals surface area contributed by atoms with Gasteiger partial charge in [-0.05, 0) is 31.9 Å². The third-order valence-electron chi connectivity index (χ3n) is 4.50. The van der Waals surface area contributed by atoms with E-state index in [4.69, 9.17) is 0 Å². The maximum Gasteiger partial charge on any atom is 0.0247 e. The molecule has 1 heterocycles. The molecule has 0 bridgehead atoms. The summed E-state index contributed by atoms with van der Waals surface area (Å²) < 4.78 is 0. The smallest absolute Gasteiger partial charge is 0.0247 e. The van der Waals surface area contributed by atoms with Crippen LogP contribution < -0.4 is 5.32 Å². The van der Waals surface area contributed by atoms with Gasteiger partial charge < -0.3 is 5.32 Å². The Bertz CT molecular complexity index is 244. The van der Waals surface area contributed by atoms with Crippen LogP contribution in [0.25, 0.3) is 0 Å². The molecule has 17 heavy (non-hydrogen) atoms. The molecule has 2 rings (SSSR count). The highest BCUT2D eigenvalue weighted by Gasteiger charge is 2.38. The molecule has 1 N–H and O–H groups in total. The molecule has 0 aromatic heterocycles. The van der Waals surface area contributed by atoms with Crippen molar-refractivity contribution in [2.75, 3.05) is 19.3 Å². The minimum atomic E-state index is 0.660. The third kappa shape index (κ3) is 2.99. The summed E-state index contributed by atoms with van der Waals surface area (Å²) in [4.78, 5) is 2.83. The molecule has 0 aromatic rings. The third-order valence-corrected chi connectivity index (χ3v) is 5.66. The van der Waals surface area contributed by atoms with Gasteiger partial charge in [0.2, 0.25) is 0 Å². The SMILES string of the molecule is CSC1CCCC1N1CC(C)NCC1C(C)C. The summed E-state index contributed by atoms with van der Waals surface area (Å²) in [5, 5.41) is 4.53. The highest BCUT2D eigenvalue weighted by molar-refractivity contribution is 7.99. The van der Waals surface area contributed by atoms with Crippen molar-refractivity contribution in [3.05, 3.63) is 0 Å². The van der Waals surface area contributed by atoms with E-state index in [1.807, 2.05) is 0 Å². The van der Waals surface area contributed by atoms with Crippen molar-refractivity contribution in [3.8, 4) is 0 Å². The Morgan fingerprint density at radius 1 is 1.29 bits per heavy atom. The molecule has 2 nitrogen and oxygen atoms in total. The molecule has 4 unspecified atom stereocenters. The molecule has 0 radical (unpaired) electrons. The number of rotatable bonds is 3. The number of hydrogen-bond acceptors (Lipinski definition) is 3. The minimum Gasteiger partial charge on any atom is -0.311 e. The molecule has 1 saturated carbocycles. The van der Waals surface area contributed by atoms with Gasteiger partial charge in [0.1, 0.15) is 0 Å². The summed E-state index contributed by atoms with van der Waals surface area (Å²) >= 11 is 2.09. The van der Waals surface area contributed by atoms with Crippen LogP contribution in [0.5, 0.6) is 0 Å². The first-order chi connectivity index (χ1) is 8.13. The largest absolute Gasteiger partial charge is 0.311 e. The average Bonchev–Trinajstić information content (AvgIpc) is 2.76. The molecule has 3 heteroatoms. The van der Waals surface area contributed by atoms with Gasteiger partial charge in [0, 0.05) is 36.5 Å². The Balaban J connectivity index is 2.08. The van der Waals surface area contributed by atoms with Gasteiger partial charge in [-0.15, -0.1) is 0 Å². The Hall–Kier alpha value is 0.270. The lowest BCUT2D eigenvalue weighted by Crippen LogP contribution is -2.61. The van der Waals surface area contributed by atoms with E-state index in [0.29, 0.717) is 6.04 Å². The standard InChI is InChI=1S/C14H28N2S/c1-10(2)13-8-15-11(3)9-16(13)12-6-5-7-14(12)17-4/h10-15H,5-9H2,1-4H3. The highest BCUT2D eigenvalue weighted by atomic mass is 32.2. The van der Waals surface area contributed by atoms with Gasteiger partial charge in [0.15, 0.2) is 0 Å². The molecule has 1 aliphatic heterocycles. The lowest BCUT2D eigenvalue weighted by Gasteiger charge is -2.46. The van der Waals surface area contributed by atoms with E-state index < -0.39 is 0 Å². The van der Waals surface area contributed by atoms with E-state index in [-0.39, 0.29) is 0 Å². The van der Waals surface area contributed by atoms with Gasteiger partial charge >= 0.3 is 0 Å². The van der Waals surface area contributed by atoms with Crippen LogP contribution in [0, 0.1) is 5.92 Å². The maximum absolute atomic E-state index is 3.65. The van der Waals surface area contributed by atoms with E-state index in [1.54, 1.807) is 0 Å². The molecule has 1 aliphatic carbocycles. The zero-order valence-electron chi connectivity index (χ0n) is 11.8. The fourth-order valence-corrected chi connectivity index (χ4v) is 4.53. The van der Waals surface area contributed by atoms with Crippen LogP contribution in [-0.4, -0.2) is 47.6 Å². The van der Waals surface area contributed by atoms with Crippen LogP contribution in [0.3, 0.4) is 0 Å². The Morgan fingerprint density at radius 3 is 2.71 bits per heavy atom. The van der Waals surface area contributed by atoms with Gasteiger partial charge in [-0.1, -0.05) is 20.3 Å². The summed E-state index contributed by atoms with van der Waals surface area (Å²) in [7, 11) is 0. The Labute approximate surface area is 111 Å². The lowest BCUT2D eigenvalue weighted by molar-refractivity contribution is 0.0634. The number of thioether (sulfide) groups is 1. The zero-order valence-corrected chi connectivity index (χ0v) is 12.6. The summed E-state index contributed by atoms with van der Waals surface area (Å²) in [6.45, 7) is 9.49. The molecule has 100 valence electrons. The first-order valence-corrected chi connectivity index (χ1v) is 8.44. The number of nitrogens with zero attached hydrogens (tertiary/aromatic N) is 1. The van der Waals surface area contributed by atoms with Gasteiger partial charge in [-0.25, -0.2) is 0 Å². The molecule has 4 atom stereocenters. The molecule has 0 amide bonds. The average molecular weight is 256 g/mol. The molecule has 0 aromatic carbocycles. The van der Waals surface area contributed by atoms with Crippen molar-refractivity contribution in [2.24, 2.45) is 5.92 Å². The molecule has 0 spiro atoms. The van der Waals surface area contributed by atoms with E-state index in [0.717, 1.165) is 23.3 Å². The van der Waals surface area contributed by atoms with Crippen molar-refractivity contribution < 1.29 is 0 Å². The minimum absolute atomic E-state index is 0.660. The van der Waals surface area contributed by atoms with Crippen LogP contribution in [0.4, 0.5) is 0 Å². The number of piperazine rings is 1. The molecule has 2 aliphatic rings. The van der Waals surface area contributed by atoms with Gasteiger partial charge in [0.25, 0.3) is 0 Å². The molecule has 2 fully saturated rings.